The summed E-state index contributed by atoms with van der Waals surface area (Å²) in [5.41, 5.74) is 0.749. The second-order valence-electron chi connectivity index (χ2n) is 4.87. The lowest BCUT2D eigenvalue weighted by atomic mass is 9.97. The van der Waals surface area contributed by atoms with Crippen LogP contribution in [0.3, 0.4) is 0 Å². The van der Waals surface area contributed by atoms with Gasteiger partial charge in [0.05, 0.1) is 0 Å². The predicted octanol–water partition coefficient (Wildman–Crippen LogP) is 3.77. The lowest BCUT2D eigenvalue weighted by Crippen LogP contribution is -2.27. The molecule has 0 fully saturated rings. The molecule has 1 rings (SSSR count). The topological polar surface area (TPSA) is 12.0 Å². The summed E-state index contributed by atoms with van der Waals surface area (Å²) in [5.74, 6) is 1.13. The minimum absolute atomic E-state index is 0.0717. The molecule has 0 aliphatic heterocycles. The van der Waals surface area contributed by atoms with Crippen LogP contribution in [0.15, 0.2) is 24.3 Å². The zero-order valence-electron chi connectivity index (χ0n) is 10.6. The average molecular weight is 223 g/mol. The summed E-state index contributed by atoms with van der Waals surface area (Å²) in [6, 6.07) is 7.03. The highest BCUT2D eigenvalue weighted by molar-refractivity contribution is 5.20. The second-order valence-corrected chi connectivity index (χ2v) is 4.87. The molecule has 2 unspecified atom stereocenters. The number of hydrogen-bond acceptors (Lipinski definition) is 1. The minimum atomic E-state index is -0.125. The van der Waals surface area contributed by atoms with Crippen LogP contribution in [0.2, 0.25) is 0 Å². The summed E-state index contributed by atoms with van der Waals surface area (Å²) >= 11 is 0. The quantitative estimate of drug-likeness (QED) is 0.801. The normalized spacial score (nSPS) is 15.1. The van der Waals surface area contributed by atoms with E-state index in [9.17, 15) is 4.39 Å². The monoisotopic (exact) mass is 223 g/mol. The smallest absolute Gasteiger partial charge is 0.127 e. The second kappa shape index (κ2) is 6.00. The Labute approximate surface area is 98.1 Å². The third kappa shape index (κ3) is 3.60. The highest BCUT2D eigenvalue weighted by Gasteiger charge is 2.12. The van der Waals surface area contributed by atoms with E-state index in [4.69, 9.17) is 0 Å². The van der Waals surface area contributed by atoms with Crippen LogP contribution in [-0.4, -0.2) is 6.54 Å². The van der Waals surface area contributed by atoms with Crippen molar-refractivity contribution in [2.75, 3.05) is 6.54 Å². The highest BCUT2D eigenvalue weighted by atomic mass is 19.1. The first kappa shape index (κ1) is 13.2. The maximum Gasteiger partial charge on any atom is 0.127 e. The Morgan fingerprint density at radius 2 is 1.75 bits per heavy atom. The van der Waals surface area contributed by atoms with Crippen molar-refractivity contribution in [3.63, 3.8) is 0 Å². The van der Waals surface area contributed by atoms with E-state index in [1.54, 1.807) is 6.07 Å². The first-order valence-corrected chi connectivity index (χ1v) is 6.00. The predicted molar refractivity (Wildman–Crippen MR) is 66.8 cm³/mol. The fourth-order valence-electron chi connectivity index (χ4n) is 1.53. The van der Waals surface area contributed by atoms with E-state index in [1.165, 1.54) is 6.07 Å². The molecule has 0 saturated carbocycles. The Kier molecular flexibility index (Phi) is 4.94. The van der Waals surface area contributed by atoms with Gasteiger partial charge in [0, 0.05) is 11.6 Å². The van der Waals surface area contributed by atoms with Gasteiger partial charge in [0.2, 0.25) is 0 Å². The van der Waals surface area contributed by atoms with E-state index < -0.39 is 0 Å². The van der Waals surface area contributed by atoms with Crippen molar-refractivity contribution >= 4 is 0 Å². The number of halogens is 1. The number of hydrogen-bond donors (Lipinski definition) is 1. The molecular formula is C14H22FN. The summed E-state index contributed by atoms with van der Waals surface area (Å²) in [6.45, 7) is 9.56. The zero-order chi connectivity index (χ0) is 12.1. The third-order valence-corrected chi connectivity index (χ3v) is 3.26. The van der Waals surface area contributed by atoms with E-state index >= 15 is 0 Å². The highest BCUT2D eigenvalue weighted by Crippen LogP contribution is 2.17. The Morgan fingerprint density at radius 1 is 1.12 bits per heavy atom. The maximum atomic E-state index is 13.5. The molecule has 2 heteroatoms. The number of benzene rings is 1. The van der Waals surface area contributed by atoms with Gasteiger partial charge in [-0.15, -0.1) is 0 Å². The van der Waals surface area contributed by atoms with E-state index in [1.807, 2.05) is 19.1 Å². The Morgan fingerprint density at radius 3 is 2.31 bits per heavy atom. The number of rotatable bonds is 5. The van der Waals surface area contributed by atoms with Gasteiger partial charge in [-0.2, -0.15) is 0 Å². The molecule has 1 nitrogen and oxygen atoms in total. The summed E-state index contributed by atoms with van der Waals surface area (Å²) < 4.78 is 13.5. The lowest BCUT2D eigenvalue weighted by molar-refractivity contribution is 0.372. The SMILES string of the molecule is CC(NCC(C)C(C)C)c1ccccc1F. The van der Waals surface area contributed by atoms with E-state index in [-0.39, 0.29) is 11.9 Å². The largest absolute Gasteiger partial charge is 0.310 e. The molecule has 90 valence electrons. The fraction of sp³-hybridized carbons (Fsp3) is 0.571. The molecule has 2 atom stereocenters. The molecule has 0 aliphatic rings. The molecule has 16 heavy (non-hydrogen) atoms. The number of nitrogens with one attached hydrogen (secondary N) is 1. The van der Waals surface area contributed by atoms with Gasteiger partial charge >= 0.3 is 0 Å². The molecule has 0 heterocycles. The van der Waals surface area contributed by atoms with Crippen LogP contribution in [0.1, 0.15) is 39.3 Å². The molecular weight excluding hydrogens is 201 g/mol. The Bertz CT molecular complexity index is 322. The van der Waals surface area contributed by atoms with Crippen LogP contribution in [-0.2, 0) is 0 Å². The zero-order valence-corrected chi connectivity index (χ0v) is 10.6. The molecule has 1 aromatic rings. The molecule has 1 N–H and O–H groups in total. The minimum Gasteiger partial charge on any atom is -0.310 e. The van der Waals surface area contributed by atoms with Crippen molar-refractivity contribution in [2.45, 2.75) is 33.7 Å². The summed E-state index contributed by atoms with van der Waals surface area (Å²) in [4.78, 5) is 0. The van der Waals surface area contributed by atoms with Crippen molar-refractivity contribution in [1.82, 2.24) is 5.32 Å². The van der Waals surface area contributed by atoms with Crippen LogP contribution in [0, 0.1) is 17.7 Å². The molecule has 0 aromatic heterocycles. The van der Waals surface area contributed by atoms with Crippen molar-refractivity contribution in [3.05, 3.63) is 35.6 Å². The van der Waals surface area contributed by atoms with Gasteiger partial charge in [0.1, 0.15) is 5.82 Å². The Hall–Kier alpha value is -0.890. The van der Waals surface area contributed by atoms with Crippen molar-refractivity contribution in [3.8, 4) is 0 Å². The van der Waals surface area contributed by atoms with Gasteiger partial charge in [-0.05, 0) is 31.4 Å². The van der Waals surface area contributed by atoms with Crippen molar-refractivity contribution in [1.29, 1.82) is 0 Å². The molecule has 0 bridgehead atoms. The summed E-state index contributed by atoms with van der Waals surface area (Å²) in [6.07, 6.45) is 0. The molecule has 0 spiro atoms. The van der Waals surface area contributed by atoms with E-state index in [0.29, 0.717) is 11.8 Å². The summed E-state index contributed by atoms with van der Waals surface area (Å²) in [7, 11) is 0. The van der Waals surface area contributed by atoms with Gasteiger partial charge in [0.15, 0.2) is 0 Å². The molecule has 0 aliphatic carbocycles. The van der Waals surface area contributed by atoms with E-state index in [0.717, 1.165) is 12.1 Å². The van der Waals surface area contributed by atoms with Crippen LogP contribution in [0.5, 0.6) is 0 Å². The van der Waals surface area contributed by atoms with Crippen LogP contribution < -0.4 is 5.32 Å². The third-order valence-electron chi connectivity index (χ3n) is 3.26. The maximum absolute atomic E-state index is 13.5. The van der Waals surface area contributed by atoms with Crippen molar-refractivity contribution in [2.24, 2.45) is 11.8 Å². The van der Waals surface area contributed by atoms with Gasteiger partial charge in [-0.1, -0.05) is 39.0 Å². The fourth-order valence-corrected chi connectivity index (χ4v) is 1.53. The standard InChI is InChI=1S/C14H22FN/c1-10(2)11(3)9-16-12(4)13-7-5-6-8-14(13)15/h5-8,10-12,16H,9H2,1-4H3. The van der Waals surface area contributed by atoms with Crippen LogP contribution >= 0.6 is 0 Å². The molecule has 1 aromatic carbocycles. The van der Waals surface area contributed by atoms with Crippen molar-refractivity contribution < 1.29 is 4.39 Å². The first-order valence-electron chi connectivity index (χ1n) is 6.00. The molecule has 0 saturated heterocycles. The average Bonchev–Trinajstić information content (AvgIpc) is 2.25. The lowest BCUT2D eigenvalue weighted by Gasteiger charge is -2.20. The summed E-state index contributed by atoms with van der Waals surface area (Å²) in [5, 5.41) is 3.38. The van der Waals surface area contributed by atoms with Gasteiger partial charge in [-0.3, -0.25) is 0 Å². The Balaban J connectivity index is 2.53. The molecule has 0 radical (unpaired) electrons. The van der Waals surface area contributed by atoms with Crippen LogP contribution in [0.4, 0.5) is 4.39 Å². The first-order chi connectivity index (χ1) is 7.52. The molecule has 0 amide bonds. The van der Waals surface area contributed by atoms with Gasteiger partial charge < -0.3 is 5.32 Å². The van der Waals surface area contributed by atoms with Gasteiger partial charge in [0.25, 0.3) is 0 Å². The van der Waals surface area contributed by atoms with E-state index in [2.05, 4.69) is 26.1 Å². The van der Waals surface area contributed by atoms with Crippen LogP contribution in [0.25, 0.3) is 0 Å². The van der Waals surface area contributed by atoms with Gasteiger partial charge in [-0.25, -0.2) is 4.39 Å².